The van der Waals surface area contributed by atoms with E-state index in [9.17, 15) is 17.3 Å². The van der Waals surface area contributed by atoms with E-state index in [-0.39, 0.29) is 0 Å². The van der Waals surface area contributed by atoms with Gasteiger partial charge in [0, 0.05) is 0 Å². The van der Waals surface area contributed by atoms with Gasteiger partial charge >= 0.3 is 7.25 Å². The molecule has 0 aromatic heterocycles. The molecule has 0 saturated carbocycles. The van der Waals surface area contributed by atoms with E-state index >= 15 is 0 Å². The van der Waals surface area contributed by atoms with Crippen molar-refractivity contribution < 1.29 is 22.2 Å². The van der Waals surface area contributed by atoms with E-state index in [0.717, 1.165) is 6.04 Å². The number of likely N-dealkylation sites (tertiary alicyclic amines) is 1. The first-order valence-electron chi connectivity index (χ1n) is 5.02. The standard InChI is InChI=1S/C8H17N.BF4/c1-8(2)9-6-4-3-5-7-9;2-1(3,4)5/h8H,3-7H2,1-2H3;/q;-1/p+1. The zero-order chi connectivity index (χ0) is 11.2. The van der Waals surface area contributed by atoms with Crippen molar-refractivity contribution in [2.24, 2.45) is 0 Å². The lowest BCUT2D eigenvalue weighted by Crippen LogP contribution is -3.15. The van der Waals surface area contributed by atoms with Crippen LogP contribution in [0.25, 0.3) is 0 Å². The number of nitrogens with one attached hydrogen (secondary N) is 1. The summed E-state index contributed by atoms with van der Waals surface area (Å²) in [5.41, 5.74) is 0. The smallest absolute Gasteiger partial charge is 0.418 e. The Morgan fingerprint density at radius 3 is 1.50 bits per heavy atom. The van der Waals surface area contributed by atoms with E-state index in [1.165, 1.54) is 32.4 Å². The van der Waals surface area contributed by atoms with Gasteiger partial charge in [-0.1, -0.05) is 0 Å². The van der Waals surface area contributed by atoms with Gasteiger partial charge in [-0.3, -0.25) is 0 Å². The molecule has 14 heavy (non-hydrogen) atoms. The summed E-state index contributed by atoms with van der Waals surface area (Å²) in [4.78, 5) is 1.81. The van der Waals surface area contributed by atoms with Crippen LogP contribution in [-0.4, -0.2) is 26.4 Å². The number of rotatable bonds is 1. The van der Waals surface area contributed by atoms with Crippen LogP contribution in [0, 0.1) is 0 Å². The van der Waals surface area contributed by atoms with Gasteiger partial charge in [-0.15, -0.1) is 0 Å². The molecule has 0 radical (unpaired) electrons. The third kappa shape index (κ3) is 9.83. The lowest BCUT2D eigenvalue weighted by molar-refractivity contribution is -0.926. The Labute approximate surface area is 82.6 Å². The van der Waals surface area contributed by atoms with Crippen molar-refractivity contribution in [1.29, 1.82) is 0 Å². The molecule has 1 heterocycles. The van der Waals surface area contributed by atoms with E-state index < -0.39 is 7.25 Å². The molecule has 0 aromatic carbocycles. The normalized spacial score (nSPS) is 19.1. The number of hydrogen-bond acceptors (Lipinski definition) is 0. The Morgan fingerprint density at radius 1 is 0.929 bits per heavy atom. The Bertz CT molecular complexity index is 137. The zero-order valence-electron chi connectivity index (χ0n) is 8.70. The monoisotopic (exact) mass is 215 g/mol. The molecule has 0 aliphatic carbocycles. The third-order valence-corrected chi connectivity index (χ3v) is 2.31. The zero-order valence-corrected chi connectivity index (χ0v) is 8.70. The average molecular weight is 215 g/mol. The second kappa shape index (κ2) is 6.27. The minimum Gasteiger partial charge on any atom is -0.418 e. The summed E-state index contributed by atoms with van der Waals surface area (Å²) in [6.07, 6.45) is 4.37. The molecule has 0 aromatic rings. The van der Waals surface area contributed by atoms with E-state index in [4.69, 9.17) is 0 Å². The van der Waals surface area contributed by atoms with Crippen LogP contribution in [0.15, 0.2) is 0 Å². The van der Waals surface area contributed by atoms with E-state index in [1.807, 2.05) is 0 Å². The van der Waals surface area contributed by atoms with Gasteiger partial charge in [-0.05, 0) is 33.1 Å². The summed E-state index contributed by atoms with van der Waals surface area (Å²) in [5, 5.41) is 0. The van der Waals surface area contributed by atoms with E-state index in [0.29, 0.717) is 0 Å². The van der Waals surface area contributed by atoms with Gasteiger partial charge in [0.15, 0.2) is 0 Å². The summed E-state index contributed by atoms with van der Waals surface area (Å²) < 4.78 is 39.0. The lowest BCUT2D eigenvalue weighted by atomic mass is 10.1. The fraction of sp³-hybridized carbons (Fsp3) is 1.00. The number of quaternary nitrogens is 1. The minimum atomic E-state index is -6.00. The van der Waals surface area contributed by atoms with Crippen molar-refractivity contribution in [3.05, 3.63) is 0 Å². The predicted octanol–water partition coefficient (Wildman–Crippen LogP) is 1.76. The van der Waals surface area contributed by atoms with Gasteiger partial charge in [0.1, 0.15) is 0 Å². The largest absolute Gasteiger partial charge is 0.673 e. The molecule has 1 saturated heterocycles. The highest BCUT2D eigenvalue weighted by Crippen LogP contribution is 2.06. The van der Waals surface area contributed by atoms with Crippen LogP contribution in [0.1, 0.15) is 33.1 Å². The summed E-state index contributed by atoms with van der Waals surface area (Å²) in [6.45, 7) is 7.47. The molecule has 1 N–H and O–H groups in total. The molecule has 0 atom stereocenters. The average Bonchev–Trinajstić information content (AvgIpc) is 2.03. The van der Waals surface area contributed by atoms with Crippen LogP contribution >= 0.6 is 0 Å². The number of halogens is 4. The first-order chi connectivity index (χ1) is 6.30. The molecule has 1 aliphatic heterocycles. The van der Waals surface area contributed by atoms with Gasteiger partial charge in [0.2, 0.25) is 0 Å². The maximum Gasteiger partial charge on any atom is 0.673 e. The Balaban J connectivity index is 0.000000292. The second-order valence-electron chi connectivity index (χ2n) is 3.87. The maximum absolute atomic E-state index is 9.75. The summed E-state index contributed by atoms with van der Waals surface area (Å²) in [7, 11) is -6.00. The summed E-state index contributed by atoms with van der Waals surface area (Å²) in [5.74, 6) is 0. The highest BCUT2D eigenvalue weighted by Gasteiger charge is 2.20. The van der Waals surface area contributed by atoms with Gasteiger partial charge in [0.05, 0.1) is 19.1 Å². The maximum atomic E-state index is 9.75. The Morgan fingerprint density at radius 2 is 1.29 bits per heavy atom. The van der Waals surface area contributed by atoms with E-state index in [1.54, 1.807) is 4.90 Å². The van der Waals surface area contributed by atoms with Crippen LogP contribution in [0.5, 0.6) is 0 Å². The first-order valence-corrected chi connectivity index (χ1v) is 5.02. The summed E-state index contributed by atoms with van der Waals surface area (Å²) >= 11 is 0. The van der Waals surface area contributed by atoms with Gasteiger partial charge in [0.25, 0.3) is 0 Å². The molecule has 86 valence electrons. The van der Waals surface area contributed by atoms with Crippen molar-refractivity contribution in [1.82, 2.24) is 0 Å². The number of piperidine rings is 1. The molecular formula is C8H18BF4N. The van der Waals surface area contributed by atoms with Gasteiger partial charge in [-0.25, -0.2) is 0 Å². The molecule has 1 aliphatic rings. The molecule has 6 heteroatoms. The van der Waals surface area contributed by atoms with Crippen molar-refractivity contribution >= 4 is 7.25 Å². The molecule has 1 nitrogen and oxygen atoms in total. The highest BCUT2D eigenvalue weighted by atomic mass is 19.5. The molecule has 1 rings (SSSR count). The van der Waals surface area contributed by atoms with Gasteiger partial charge in [-0.2, -0.15) is 0 Å². The SMILES string of the molecule is CC(C)[NH+]1CCCCC1.F[B-](F)(F)F. The van der Waals surface area contributed by atoms with Crippen molar-refractivity contribution in [2.45, 2.75) is 39.2 Å². The molecule has 0 bridgehead atoms. The highest BCUT2D eigenvalue weighted by molar-refractivity contribution is 6.50. The van der Waals surface area contributed by atoms with Crippen molar-refractivity contribution in [2.75, 3.05) is 13.1 Å². The molecule has 0 unspecified atom stereocenters. The van der Waals surface area contributed by atoms with E-state index in [2.05, 4.69) is 13.8 Å². The first kappa shape index (κ1) is 13.7. The van der Waals surface area contributed by atoms with Crippen molar-refractivity contribution in [3.63, 3.8) is 0 Å². The fourth-order valence-electron chi connectivity index (χ4n) is 1.58. The minimum absolute atomic E-state index is 0.852. The third-order valence-electron chi connectivity index (χ3n) is 2.31. The predicted molar refractivity (Wildman–Crippen MR) is 49.9 cm³/mol. The molecular weight excluding hydrogens is 197 g/mol. The van der Waals surface area contributed by atoms with Crippen LogP contribution in [0.2, 0.25) is 0 Å². The van der Waals surface area contributed by atoms with Crippen molar-refractivity contribution in [3.8, 4) is 0 Å². The van der Waals surface area contributed by atoms with Crippen LogP contribution in [0.4, 0.5) is 17.3 Å². The molecule has 0 spiro atoms. The fourth-order valence-corrected chi connectivity index (χ4v) is 1.58. The molecule has 1 fully saturated rings. The second-order valence-corrected chi connectivity index (χ2v) is 3.87. The Hall–Kier alpha value is -0.255. The topological polar surface area (TPSA) is 4.44 Å². The summed E-state index contributed by atoms with van der Waals surface area (Å²) in [6, 6.07) is 0.852. The molecule has 0 amide bonds. The van der Waals surface area contributed by atoms with Crippen LogP contribution < -0.4 is 4.90 Å². The van der Waals surface area contributed by atoms with Crippen LogP contribution in [-0.2, 0) is 0 Å². The quantitative estimate of drug-likeness (QED) is 0.502. The lowest BCUT2D eigenvalue weighted by Gasteiger charge is -2.26. The van der Waals surface area contributed by atoms with Gasteiger partial charge < -0.3 is 22.2 Å². The van der Waals surface area contributed by atoms with Crippen LogP contribution in [0.3, 0.4) is 0 Å². The number of hydrogen-bond donors (Lipinski definition) is 1. The Kier molecular flexibility index (Phi) is 6.16.